The van der Waals surface area contributed by atoms with Gasteiger partial charge in [0.15, 0.2) is 22.7 Å². The third kappa shape index (κ3) is 5.15. The number of hydrogen-bond donors (Lipinski definition) is 1. The van der Waals surface area contributed by atoms with Gasteiger partial charge in [0.2, 0.25) is 0 Å². The Labute approximate surface area is 178 Å². The van der Waals surface area contributed by atoms with Crippen LogP contribution in [-0.4, -0.2) is 36.7 Å². The van der Waals surface area contributed by atoms with Gasteiger partial charge in [-0.05, 0) is 32.0 Å². The van der Waals surface area contributed by atoms with E-state index in [4.69, 9.17) is 14.2 Å². The quantitative estimate of drug-likeness (QED) is 0.537. The third-order valence-corrected chi connectivity index (χ3v) is 4.91. The predicted molar refractivity (Wildman–Crippen MR) is 115 cm³/mol. The van der Waals surface area contributed by atoms with Gasteiger partial charge in [0.05, 0.1) is 25.0 Å². The minimum atomic E-state index is -1.00. The molecule has 0 aliphatic heterocycles. The average Bonchev–Trinajstić information content (AvgIpc) is 3.23. The zero-order valence-corrected chi connectivity index (χ0v) is 17.7. The number of nitrogens with zero attached hydrogens (tertiary/aromatic N) is 1. The second-order valence-electron chi connectivity index (χ2n) is 6.24. The lowest BCUT2D eigenvalue weighted by Crippen LogP contribution is -2.30. The molecule has 3 rings (SSSR count). The van der Waals surface area contributed by atoms with Crippen LogP contribution in [0.5, 0.6) is 11.5 Å². The zero-order chi connectivity index (χ0) is 21.5. The summed E-state index contributed by atoms with van der Waals surface area (Å²) in [4.78, 5) is 29.3. The van der Waals surface area contributed by atoms with Gasteiger partial charge in [-0.25, -0.2) is 9.78 Å². The van der Waals surface area contributed by atoms with Gasteiger partial charge in [0.1, 0.15) is 0 Å². The number of aromatic nitrogens is 1. The Morgan fingerprint density at radius 2 is 1.90 bits per heavy atom. The molecule has 30 heavy (non-hydrogen) atoms. The van der Waals surface area contributed by atoms with Gasteiger partial charge in [-0.1, -0.05) is 30.3 Å². The largest absolute Gasteiger partial charge is 0.493 e. The van der Waals surface area contributed by atoms with E-state index >= 15 is 0 Å². The molecule has 1 aromatic heterocycles. The molecule has 0 radical (unpaired) electrons. The lowest BCUT2D eigenvalue weighted by Gasteiger charge is -2.14. The number of rotatable bonds is 8. The van der Waals surface area contributed by atoms with Gasteiger partial charge in [-0.15, -0.1) is 11.3 Å². The van der Waals surface area contributed by atoms with Crippen LogP contribution in [0.1, 0.15) is 24.2 Å². The zero-order valence-electron chi connectivity index (χ0n) is 16.9. The molecule has 0 spiro atoms. The number of anilines is 1. The summed E-state index contributed by atoms with van der Waals surface area (Å²) in [6, 6.07) is 14.4. The first-order valence-corrected chi connectivity index (χ1v) is 10.2. The number of hydrogen-bond acceptors (Lipinski definition) is 7. The van der Waals surface area contributed by atoms with Crippen molar-refractivity contribution in [1.29, 1.82) is 0 Å². The summed E-state index contributed by atoms with van der Waals surface area (Å²) in [5.74, 6) is -0.152. The second kappa shape index (κ2) is 9.89. The molecule has 0 bridgehead atoms. The highest BCUT2D eigenvalue weighted by atomic mass is 32.1. The summed E-state index contributed by atoms with van der Waals surface area (Å²) in [5.41, 5.74) is 1.99. The number of methoxy groups -OCH3 is 1. The van der Waals surface area contributed by atoms with Crippen molar-refractivity contribution in [3.63, 3.8) is 0 Å². The molecule has 1 amide bonds. The first-order valence-electron chi connectivity index (χ1n) is 9.35. The van der Waals surface area contributed by atoms with Crippen LogP contribution in [0, 0.1) is 0 Å². The SMILES string of the molecule is CCOc1cc(C(=O)OC(C)C(=O)Nc2nc(-c3ccccc3)cs2)ccc1OC. The predicted octanol–water partition coefficient (Wildman–Crippen LogP) is 4.40. The van der Waals surface area contributed by atoms with Crippen molar-refractivity contribution in [2.24, 2.45) is 0 Å². The van der Waals surface area contributed by atoms with Crippen LogP contribution < -0.4 is 14.8 Å². The van der Waals surface area contributed by atoms with E-state index in [0.717, 1.165) is 11.3 Å². The third-order valence-electron chi connectivity index (χ3n) is 4.16. The van der Waals surface area contributed by atoms with Crippen LogP contribution in [0.15, 0.2) is 53.9 Å². The highest BCUT2D eigenvalue weighted by Gasteiger charge is 2.21. The summed E-state index contributed by atoms with van der Waals surface area (Å²) < 4.78 is 16.0. The molecule has 0 saturated carbocycles. The van der Waals surface area contributed by atoms with E-state index in [9.17, 15) is 9.59 Å². The first-order chi connectivity index (χ1) is 14.5. The van der Waals surface area contributed by atoms with Gasteiger partial charge in [0, 0.05) is 10.9 Å². The molecule has 1 N–H and O–H groups in total. The number of esters is 1. The van der Waals surface area contributed by atoms with E-state index in [1.165, 1.54) is 31.4 Å². The van der Waals surface area contributed by atoms with Gasteiger partial charge in [-0.3, -0.25) is 10.1 Å². The molecule has 0 aliphatic rings. The first kappa shape index (κ1) is 21.3. The Morgan fingerprint density at radius 3 is 2.60 bits per heavy atom. The normalized spacial score (nSPS) is 11.4. The molecule has 0 fully saturated rings. The van der Waals surface area contributed by atoms with E-state index in [-0.39, 0.29) is 5.56 Å². The van der Waals surface area contributed by atoms with Crippen LogP contribution in [0.3, 0.4) is 0 Å². The summed E-state index contributed by atoms with van der Waals surface area (Å²) in [7, 11) is 1.52. The lowest BCUT2D eigenvalue weighted by atomic mass is 10.2. The Balaban J connectivity index is 1.62. The highest BCUT2D eigenvalue weighted by Crippen LogP contribution is 2.28. The number of benzene rings is 2. The summed E-state index contributed by atoms with van der Waals surface area (Å²) >= 11 is 1.30. The van der Waals surface area contributed by atoms with Crippen LogP contribution >= 0.6 is 11.3 Å². The maximum absolute atomic E-state index is 12.4. The molecule has 3 aromatic rings. The van der Waals surface area contributed by atoms with Crippen molar-refractivity contribution in [1.82, 2.24) is 4.98 Å². The summed E-state index contributed by atoms with van der Waals surface area (Å²) in [6.07, 6.45) is -1.00. The minimum Gasteiger partial charge on any atom is -0.493 e. The van der Waals surface area contributed by atoms with Crippen molar-refractivity contribution in [2.75, 3.05) is 19.0 Å². The fourth-order valence-electron chi connectivity index (χ4n) is 2.63. The summed E-state index contributed by atoms with van der Waals surface area (Å²) in [5, 5.41) is 4.98. The molecule has 1 atom stereocenters. The standard InChI is InChI=1S/C22H22N2O5S/c1-4-28-19-12-16(10-11-18(19)27-3)21(26)29-14(2)20(25)24-22-23-17(13-30-22)15-8-6-5-7-9-15/h5-14H,4H2,1-3H3,(H,23,24,25). The molecule has 0 saturated heterocycles. The summed E-state index contributed by atoms with van der Waals surface area (Å²) in [6.45, 7) is 3.76. The number of nitrogens with one attached hydrogen (secondary N) is 1. The smallest absolute Gasteiger partial charge is 0.339 e. The van der Waals surface area contributed by atoms with E-state index in [2.05, 4.69) is 10.3 Å². The Hall–Kier alpha value is -3.39. The van der Waals surface area contributed by atoms with Crippen LogP contribution in [0.25, 0.3) is 11.3 Å². The van der Waals surface area contributed by atoms with Gasteiger partial charge < -0.3 is 14.2 Å². The van der Waals surface area contributed by atoms with Crippen molar-refractivity contribution in [3.8, 4) is 22.8 Å². The van der Waals surface area contributed by atoms with E-state index in [1.807, 2.05) is 42.6 Å². The fraction of sp³-hybridized carbons (Fsp3) is 0.227. The molecule has 156 valence electrons. The molecule has 7 nitrogen and oxygen atoms in total. The van der Waals surface area contributed by atoms with Crippen LogP contribution in [0.4, 0.5) is 5.13 Å². The Kier molecular flexibility index (Phi) is 7.03. The topological polar surface area (TPSA) is 86.8 Å². The molecular weight excluding hydrogens is 404 g/mol. The maximum Gasteiger partial charge on any atom is 0.339 e. The molecule has 1 unspecified atom stereocenters. The highest BCUT2D eigenvalue weighted by molar-refractivity contribution is 7.14. The fourth-order valence-corrected chi connectivity index (χ4v) is 3.36. The van der Waals surface area contributed by atoms with Gasteiger partial charge in [0.25, 0.3) is 5.91 Å². The Bertz CT molecular complexity index is 1020. The van der Waals surface area contributed by atoms with Crippen molar-refractivity contribution in [3.05, 3.63) is 59.5 Å². The van der Waals surface area contributed by atoms with Crippen LogP contribution in [-0.2, 0) is 9.53 Å². The van der Waals surface area contributed by atoms with E-state index < -0.39 is 18.0 Å². The van der Waals surface area contributed by atoms with Gasteiger partial charge in [-0.2, -0.15) is 0 Å². The number of amides is 1. The molecule has 2 aromatic carbocycles. The average molecular weight is 426 g/mol. The molecule has 8 heteroatoms. The lowest BCUT2D eigenvalue weighted by molar-refractivity contribution is -0.123. The molecule has 1 heterocycles. The number of carbonyl (C=O) groups is 2. The van der Waals surface area contributed by atoms with Crippen molar-refractivity contribution < 1.29 is 23.8 Å². The monoisotopic (exact) mass is 426 g/mol. The van der Waals surface area contributed by atoms with E-state index in [0.29, 0.717) is 23.2 Å². The van der Waals surface area contributed by atoms with E-state index in [1.54, 1.807) is 12.1 Å². The molecular formula is C22H22N2O5S. The maximum atomic E-state index is 12.4. The number of ether oxygens (including phenoxy) is 3. The second-order valence-corrected chi connectivity index (χ2v) is 7.10. The van der Waals surface area contributed by atoms with Crippen LogP contribution in [0.2, 0.25) is 0 Å². The van der Waals surface area contributed by atoms with Gasteiger partial charge >= 0.3 is 5.97 Å². The number of carbonyl (C=O) groups excluding carboxylic acids is 2. The van der Waals surface area contributed by atoms with Crippen molar-refractivity contribution in [2.45, 2.75) is 20.0 Å². The molecule has 0 aliphatic carbocycles. The van der Waals surface area contributed by atoms with Crippen molar-refractivity contribution >= 4 is 28.3 Å². The minimum absolute atomic E-state index is 0.263. The number of thiazole rings is 1. The Morgan fingerprint density at radius 1 is 1.13 bits per heavy atom.